The maximum absolute atomic E-state index is 12.1. The highest BCUT2D eigenvalue weighted by molar-refractivity contribution is 5.95. The third-order valence-corrected chi connectivity index (χ3v) is 3.26. The summed E-state index contributed by atoms with van der Waals surface area (Å²) < 4.78 is 15.9. The van der Waals surface area contributed by atoms with Crippen LogP contribution in [0.4, 0.5) is 5.69 Å². The molecule has 1 N–H and O–H groups in total. The molecule has 7 heteroatoms. The van der Waals surface area contributed by atoms with Crippen molar-refractivity contribution in [3.8, 4) is 11.5 Å². The molecule has 0 bridgehead atoms. The lowest BCUT2D eigenvalue weighted by molar-refractivity contribution is -0.142. The van der Waals surface area contributed by atoms with Crippen molar-refractivity contribution >= 4 is 23.6 Å². The summed E-state index contributed by atoms with van der Waals surface area (Å²) in [6.07, 6.45) is 4.35. The predicted octanol–water partition coefficient (Wildman–Crippen LogP) is 3.07. The quantitative estimate of drug-likeness (QED) is 0.539. The summed E-state index contributed by atoms with van der Waals surface area (Å²) in [6, 6.07) is 10.5. The van der Waals surface area contributed by atoms with Crippen molar-refractivity contribution in [3.05, 3.63) is 54.4 Å². The average Bonchev–Trinajstić information content (AvgIpc) is 2.68. The minimum Gasteiger partial charge on any atom is -0.494 e. The van der Waals surface area contributed by atoms with Gasteiger partial charge >= 0.3 is 5.97 Å². The predicted molar refractivity (Wildman–Crippen MR) is 102 cm³/mol. The van der Waals surface area contributed by atoms with E-state index in [1.54, 1.807) is 42.6 Å². The molecular formula is C20H22N2O5. The van der Waals surface area contributed by atoms with Crippen molar-refractivity contribution in [2.24, 2.45) is 0 Å². The molecule has 27 heavy (non-hydrogen) atoms. The lowest BCUT2D eigenvalue weighted by Gasteiger charge is -2.13. The number of carbonyl (C=O) groups excluding carboxylic acids is 2. The lowest BCUT2D eigenvalue weighted by Crippen LogP contribution is -2.20. The molecule has 1 aromatic heterocycles. The molecule has 0 saturated carbocycles. The van der Waals surface area contributed by atoms with Crippen LogP contribution in [-0.4, -0.2) is 36.7 Å². The molecule has 0 aliphatic carbocycles. The minimum absolute atomic E-state index is 0.421. The van der Waals surface area contributed by atoms with Crippen molar-refractivity contribution < 1.29 is 23.8 Å². The maximum atomic E-state index is 12.1. The monoisotopic (exact) mass is 370 g/mol. The SMILES string of the molecule is CCOc1ccc(OCC)c(NC(=O)COC(=O)C=Cc2ccccn2)c1. The molecule has 0 aliphatic heterocycles. The second kappa shape index (κ2) is 10.6. The number of pyridine rings is 1. The fourth-order valence-electron chi connectivity index (χ4n) is 2.14. The van der Waals surface area contributed by atoms with Crippen molar-refractivity contribution in [2.75, 3.05) is 25.1 Å². The van der Waals surface area contributed by atoms with Crippen LogP contribution in [0.5, 0.6) is 11.5 Å². The van der Waals surface area contributed by atoms with Crippen LogP contribution in [0.15, 0.2) is 48.7 Å². The molecule has 1 aromatic carbocycles. The Balaban J connectivity index is 1.91. The number of rotatable bonds is 9. The highest BCUT2D eigenvalue weighted by Crippen LogP contribution is 2.29. The molecule has 0 saturated heterocycles. The normalized spacial score (nSPS) is 10.4. The van der Waals surface area contributed by atoms with Crippen LogP contribution in [0.2, 0.25) is 0 Å². The van der Waals surface area contributed by atoms with Crippen LogP contribution in [0.1, 0.15) is 19.5 Å². The minimum atomic E-state index is -0.635. The van der Waals surface area contributed by atoms with E-state index < -0.39 is 18.5 Å². The molecule has 7 nitrogen and oxygen atoms in total. The van der Waals surface area contributed by atoms with Crippen LogP contribution >= 0.6 is 0 Å². The number of ether oxygens (including phenoxy) is 3. The second-order valence-corrected chi connectivity index (χ2v) is 5.27. The summed E-state index contributed by atoms with van der Waals surface area (Å²) >= 11 is 0. The maximum Gasteiger partial charge on any atom is 0.331 e. The summed E-state index contributed by atoms with van der Waals surface area (Å²) in [6.45, 7) is 4.24. The number of hydrogen-bond acceptors (Lipinski definition) is 6. The smallest absolute Gasteiger partial charge is 0.331 e. The molecule has 0 aliphatic rings. The molecule has 0 fully saturated rings. The van der Waals surface area contributed by atoms with Gasteiger partial charge in [-0.3, -0.25) is 9.78 Å². The van der Waals surface area contributed by atoms with Crippen molar-refractivity contribution in [1.29, 1.82) is 0 Å². The first-order valence-corrected chi connectivity index (χ1v) is 8.57. The number of nitrogens with zero attached hydrogens (tertiary/aromatic N) is 1. The van der Waals surface area contributed by atoms with Gasteiger partial charge < -0.3 is 19.5 Å². The first-order valence-electron chi connectivity index (χ1n) is 8.57. The van der Waals surface area contributed by atoms with Gasteiger partial charge in [0, 0.05) is 18.3 Å². The van der Waals surface area contributed by atoms with E-state index >= 15 is 0 Å². The average molecular weight is 370 g/mol. The highest BCUT2D eigenvalue weighted by Gasteiger charge is 2.11. The Bertz CT molecular complexity index is 790. The van der Waals surface area contributed by atoms with Crippen molar-refractivity contribution in [2.45, 2.75) is 13.8 Å². The number of carbonyl (C=O) groups is 2. The number of amides is 1. The zero-order valence-electron chi connectivity index (χ0n) is 15.3. The molecule has 142 valence electrons. The standard InChI is InChI=1S/C20H22N2O5/c1-3-25-16-9-10-18(26-4-2)17(13-16)22-19(23)14-27-20(24)11-8-15-7-5-6-12-21-15/h5-13H,3-4,14H2,1-2H3,(H,22,23). The van der Waals surface area contributed by atoms with Crippen LogP contribution in [0.25, 0.3) is 6.08 Å². The Kier molecular flexibility index (Phi) is 7.84. The molecule has 0 atom stereocenters. The second-order valence-electron chi connectivity index (χ2n) is 5.27. The van der Waals surface area contributed by atoms with Gasteiger partial charge in [-0.05, 0) is 44.2 Å². The molecule has 0 radical (unpaired) electrons. The van der Waals surface area contributed by atoms with Gasteiger partial charge in [-0.1, -0.05) is 6.07 Å². The van der Waals surface area contributed by atoms with Gasteiger partial charge in [0.2, 0.25) is 0 Å². The Hall–Kier alpha value is -3.35. The van der Waals surface area contributed by atoms with E-state index in [0.29, 0.717) is 36.1 Å². The van der Waals surface area contributed by atoms with Crippen molar-refractivity contribution in [3.63, 3.8) is 0 Å². The van der Waals surface area contributed by atoms with Gasteiger partial charge in [0.05, 0.1) is 24.6 Å². The van der Waals surface area contributed by atoms with E-state index in [1.165, 1.54) is 12.2 Å². The summed E-state index contributed by atoms with van der Waals surface area (Å²) in [5.74, 6) is -0.00434. The summed E-state index contributed by atoms with van der Waals surface area (Å²) in [7, 11) is 0. The highest BCUT2D eigenvalue weighted by atomic mass is 16.5. The fourth-order valence-corrected chi connectivity index (χ4v) is 2.14. The first kappa shape index (κ1) is 20.0. The van der Waals surface area contributed by atoms with Gasteiger partial charge in [-0.25, -0.2) is 4.79 Å². The van der Waals surface area contributed by atoms with E-state index in [9.17, 15) is 9.59 Å². The summed E-state index contributed by atoms with van der Waals surface area (Å²) in [4.78, 5) is 27.9. The van der Waals surface area contributed by atoms with Crippen LogP contribution in [0.3, 0.4) is 0 Å². The Morgan fingerprint density at radius 1 is 1.11 bits per heavy atom. The fraction of sp³-hybridized carbons (Fsp3) is 0.250. The summed E-state index contributed by atoms with van der Waals surface area (Å²) in [5, 5.41) is 2.67. The molecule has 0 spiro atoms. The summed E-state index contributed by atoms with van der Waals surface area (Å²) in [5.41, 5.74) is 1.07. The van der Waals surface area contributed by atoms with Gasteiger partial charge in [-0.15, -0.1) is 0 Å². The van der Waals surface area contributed by atoms with Gasteiger partial charge in [0.1, 0.15) is 11.5 Å². The Labute approximate surface area is 158 Å². The Morgan fingerprint density at radius 2 is 1.93 bits per heavy atom. The van der Waals surface area contributed by atoms with Crippen LogP contribution in [0, 0.1) is 0 Å². The number of benzene rings is 1. The van der Waals surface area contributed by atoms with E-state index in [-0.39, 0.29) is 0 Å². The van der Waals surface area contributed by atoms with Gasteiger partial charge in [-0.2, -0.15) is 0 Å². The Morgan fingerprint density at radius 3 is 2.63 bits per heavy atom. The largest absolute Gasteiger partial charge is 0.494 e. The molecular weight excluding hydrogens is 348 g/mol. The molecule has 2 aromatic rings. The zero-order valence-corrected chi connectivity index (χ0v) is 15.3. The number of nitrogens with one attached hydrogen (secondary N) is 1. The van der Waals surface area contributed by atoms with Gasteiger partial charge in [0.15, 0.2) is 6.61 Å². The third-order valence-electron chi connectivity index (χ3n) is 3.26. The topological polar surface area (TPSA) is 86.8 Å². The number of anilines is 1. The van der Waals surface area contributed by atoms with Crippen molar-refractivity contribution in [1.82, 2.24) is 4.98 Å². The molecule has 2 rings (SSSR count). The first-order chi connectivity index (χ1) is 13.1. The number of hydrogen-bond donors (Lipinski definition) is 1. The number of esters is 1. The van der Waals surface area contributed by atoms with Crippen LogP contribution in [-0.2, 0) is 14.3 Å². The number of aromatic nitrogens is 1. The van der Waals surface area contributed by atoms with E-state index in [2.05, 4.69) is 10.3 Å². The molecule has 1 amide bonds. The van der Waals surface area contributed by atoms with E-state index in [0.717, 1.165) is 0 Å². The third kappa shape index (κ3) is 6.81. The molecule has 1 heterocycles. The van der Waals surface area contributed by atoms with Crippen LogP contribution < -0.4 is 14.8 Å². The molecule has 0 unspecified atom stereocenters. The van der Waals surface area contributed by atoms with Gasteiger partial charge in [0.25, 0.3) is 5.91 Å². The zero-order chi connectivity index (χ0) is 19.5. The van der Waals surface area contributed by atoms with E-state index in [4.69, 9.17) is 14.2 Å². The van der Waals surface area contributed by atoms with E-state index in [1.807, 2.05) is 13.8 Å². The lowest BCUT2D eigenvalue weighted by atomic mass is 10.2.